The third kappa shape index (κ3) is 2.14. The minimum atomic E-state index is -1.55. The maximum Gasteiger partial charge on any atom is 0.190 e. The van der Waals surface area contributed by atoms with Crippen LogP contribution < -0.4 is 0 Å². The molecule has 5 unspecified atom stereocenters. The van der Waals surface area contributed by atoms with E-state index in [9.17, 15) is 24.9 Å². The van der Waals surface area contributed by atoms with Crippen LogP contribution in [0.1, 0.15) is 52.4 Å². The minimum Gasteiger partial charge on any atom is -0.393 e. The SMILES string of the molecule is C[C@]12C=CC(=O)CC1CCC1C2C(O)C[C@@]2(C)C1CC[C@]2(O)C(=O)CO. The summed E-state index contributed by atoms with van der Waals surface area (Å²) < 4.78 is 0. The van der Waals surface area contributed by atoms with Gasteiger partial charge in [-0.15, -0.1) is 0 Å². The molecule has 3 fully saturated rings. The highest BCUT2D eigenvalue weighted by atomic mass is 16.3. The number of Topliss-reactive ketones (excluding diaryl/α,β-unsaturated/α-hetero) is 1. The predicted octanol–water partition coefficient (Wildman–Crippen LogP) is 1.64. The maximum atomic E-state index is 12.4. The van der Waals surface area contributed by atoms with Crippen molar-refractivity contribution in [1.82, 2.24) is 0 Å². The number of allylic oxidation sites excluding steroid dienone is 2. The first kappa shape index (κ1) is 18.3. The molecular formula is C21H30O5. The van der Waals surface area contributed by atoms with Crippen molar-refractivity contribution in [2.75, 3.05) is 6.61 Å². The summed E-state index contributed by atoms with van der Waals surface area (Å²) in [7, 11) is 0. The second-order valence-corrected chi connectivity index (χ2v) is 9.61. The Balaban J connectivity index is 1.73. The van der Waals surface area contributed by atoms with Crippen LogP contribution in [0.15, 0.2) is 12.2 Å². The van der Waals surface area contributed by atoms with Gasteiger partial charge in [-0.2, -0.15) is 0 Å². The highest BCUT2D eigenvalue weighted by molar-refractivity contribution is 5.91. The summed E-state index contributed by atoms with van der Waals surface area (Å²) in [4.78, 5) is 24.2. The average molecular weight is 362 g/mol. The zero-order valence-electron chi connectivity index (χ0n) is 15.6. The molecule has 4 rings (SSSR count). The van der Waals surface area contributed by atoms with Gasteiger partial charge in [0.2, 0.25) is 0 Å². The molecule has 26 heavy (non-hydrogen) atoms. The van der Waals surface area contributed by atoms with Crippen molar-refractivity contribution >= 4 is 11.6 Å². The molecule has 0 aliphatic heterocycles. The van der Waals surface area contributed by atoms with Gasteiger partial charge in [-0.3, -0.25) is 9.59 Å². The van der Waals surface area contributed by atoms with E-state index in [1.165, 1.54) is 0 Å². The molecular weight excluding hydrogens is 332 g/mol. The number of aliphatic hydroxyl groups is 3. The topological polar surface area (TPSA) is 94.8 Å². The van der Waals surface area contributed by atoms with Crippen molar-refractivity contribution in [3.05, 3.63) is 12.2 Å². The van der Waals surface area contributed by atoms with E-state index in [0.717, 1.165) is 19.3 Å². The standard InChI is InChI=1S/C21H30O5/c1-19-7-5-13(23)9-12(19)3-4-14-15-6-8-21(26,17(25)11-22)20(15,2)10-16(24)18(14)19/h5,7,12,14-16,18,22,24,26H,3-4,6,8-11H2,1-2H3/t12?,14?,15?,16?,18?,19-,20-,21-/m0/s1. The maximum absolute atomic E-state index is 12.4. The number of rotatable bonds is 2. The molecule has 0 aromatic rings. The van der Waals surface area contributed by atoms with Crippen molar-refractivity contribution in [1.29, 1.82) is 0 Å². The summed E-state index contributed by atoms with van der Waals surface area (Å²) in [5, 5.41) is 31.7. The zero-order chi connectivity index (χ0) is 18.9. The Kier molecular flexibility index (Phi) is 4.04. The third-order valence-corrected chi connectivity index (χ3v) is 8.73. The van der Waals surface area contributed by atoms with E-state index in [4.69, 9.17) is 0 Å². The number of ketones is 2. The van der Waals surface area contributed by atoms with Crippen molar-refractivity contribution in [2.24, 2.45) is 34.5 Å². The fourth-order valence-corrected chi connectivity index (χ4v) is 7.35. The Labute approximate surface area is 154 Å². The summed E-state index contributed by atoms with van der Waals surface area (Å²) in [6.07, 6.45) is 6.97. The first-order chi connectivity index (χ1) is 12.2. The van der Waals surface area contributed by atoms with Crippen LogP contribution in [0.3, 0.4) is 0 Å². The molecule has 4 aliphatic carbocycles. The van der Waals surface area contributed by atoms with E-state index < -0.39 is 29.5 Å². The smallest absolute Gasteiger partial charge is 0.190 e. The van der Waals surface area contributed by atoms with Crippen LogP contribution in [-0.2, 0) is 9.59 Å². The molecule has 0 aromatic heterocycles. The molecule has 0 radical (unpaired) electrons. The molecule has 0 spiro atoms. The van der Waals surface area contributed by atoms with Crippen LogP contribution >= 0.6 is 0 Å². The Bertz CT molecular complexity index is 671. The molecule has 3 saturated carbocycles. The van der Waals surface area contributed by atoms with Crippen molar-refractivity contribution < 1.29 is 24.9 Å². The van der Waals surface area contributed by atoms with Crippen LogP contribution in [0, 0.1) is 34.5 Å². The molecule has 0 heterocycles. The van der Waals surface area contributed by atoms with Crippen LogP contribution in [0.5, 0.6) is 0 Å². The lowest BCUT2D eigenvalue weighted by molar-refractivity contribution is -0.188. The zero-order valence-corrected chi connectivity index (χ0v) is 15.6. The van der Waals surface area contributed by atoms with Gasteiger partial charge in [0, 0.05) is 11.8 Å². The van der Waals surface area contributed by atoms with Crippen LogP contribution in [0.2, 0.25) is 0 Å². The Morgan fingerprint density at radius 1 is 1.27 bits per heavy atom. The molecule has 5 heteroatoms. The third-order valence-electron chi connectivity index (χ3n) is 8.73. The lowest BCUT2D eigenvalue weighted by Crippen LogP contribution is -2.62. The molecule has 8 atom stereocenters. The van der Waals surface area contributed by atoms with Gasteiger partial charge in [0.05, 0.1) is 6.10 Å². The van der Waals surface area contributed by atoms with E-state index in [-0.39, 0.29) is 34.9 Å². The highest BCUT2D eigenvalue weighted by Crippen LogP contribution is 2.67. The van der Waals surface area contributed by atoms with Crippen LogP contribution in [0.25, 0.3) is 0 Å². The summed E-state index contributed by atoms with van der Waals surface area (Å²) >= 11 is 0. The Morgan fingerprint density at radius 3 is 2.69 bits per heavy atom. The largest absolute Gasteiger partial charge is 0.393 e. The lowest BCUT2D eigenvalue weighted by Gasteiger charge is -2.61. The first-order valence-corrected chi connectivity index (χ1v) is 9.94. The van der Waals surface area contributed by atoms with E-state index in [1.807, 2.05) is 13.0 Å². The molecule has 3 N–H and O–H groups in total. The van der Waals surface area contributed by atoms with Crippen LogP contribution in [0.4, 0.5) is 0 Å². The summed E-state index contributed by atoms with van der Waals surface area (Å²) in [5.41, 5.74) is -2.46. The van der Waals surface area contributed by atoms with Gasteiger partial charge in [-0.25, -0.2) is 0 Å². The normalized spacial score (nSPS) is 53.0. The second kappa shape index (κ2) is 5.73. The molecule has 144 valence electrons. The number of carbonyl (C=O) groups excluding carboxylic acids is 2. The van der Waals surface area contributed by atoms with Crippen molar-refractivity contribution in [3.8, 4) is 0 Å². The number of carbonyl (C=O) groups is 2. The van der Waals surface area contributed by atoms with Crippen molar-refractivity contribution in [2.45, 2.75) is 64.1 Å². The molecule has 0 bridgehead atoms. The summed E-state index contributed by atoms with van der Waals surface area (Å²) in [5.74, 6) is 0.347. The van der Waals surface area contributed by atoms with Gasteiger partial charge in [-0.05, 0) is 67.3 Å². The fraction of sp³-hybridized carbons (Fsp3) is 0.810. The first-order valence-electron chi connectivity index (χ1n) is 9.94. The van der Waals surface area contributed by atoms with E-state index >= 15 is 0 Å². The Hall–Kier alpha value is -1.04. The number of aliphatic hydroxyl groups excluding tert-OH is 2. The van der Waals surface area contributed by atoms with E-state index in [1.54, 1.807) is 6.08 Å². The number of hydrogen-bond acceptors (Lipinski definition) is 5. The van der Waals surface area contributed by atoms with Crippen LogP contribution in [-0.4, -0.2) is 45.2 Å². The monoisotopic (exact) mass is 362 g/mol. The Morgan fingerprint density at radius 2 is 2.00 bits per heavy atom. The summed E-state index contributed by atoms with van der Waals surface area (Å²) in [6, 6.07) is 0. The van der Waals surface area contributed by atoms with E-state index in [0.29, 0.717) is 19.3 Å². The van der Waals surface area contributed by atoms with Gasteiger partial charge >= 0.3 is 0 Å². The molecule has 4 aliphatic rings. The number of fused-ring (bicyclic) bond motifs is 5. The van der Waals surface area contributed by atoms with Gasteiger partial charge in [-0.1, -0.05) is 19.9 Å². The van der Waals surface area contributed by atoms with Gasteiger partial charge in [0.25, 0.3) is 0 Å². The summed E-state index contributed by atoms with van der Waals surface area (Å²) in [6.45, 7) is 3.43. The number of hydrogen-bond donors (Lipinski definition) is 3. The quantitative estimate of drug-likeness (QED) is 0.694. The fourth-order valence-electron chi connectivity index (χ4n) is 7.35. The highest BCUT2D eigenvalue weighted by Gasteiger charge is 2.68. The predicted molar refractivity (Wildman–Crippen MR) is 95.1 cm³/mol. The minimum absolute atomic E-state index is 0.0512. The molecule has 0 aromatic carbocycles. The van der Waals surface area contributed by atoms with Gasteiger partial charge in [0.15, 0.2) is 11.6 Å². The van der Waals surface area contributed by atoms with Gasteiger partial charge < -0.3 is 15.3 Å². The molecule has 5 nitrogen and oxygen atoms in total. The molecule has 0 amide bonds. The second-order valence-electron chi connectivity index (χ2n) is 9.61. The van der Waals surface area contributed by atoms with Crippen molar-refractivity contribution in [3.63, 3.8) is 0 Å². The van der Waals surface area contributed by atoms with Gasteiger partial charge in [0.1, 0.15) is 12.2 Å². The van der Waals surface area contributed by atoms with E-state index in [2.05, 4.69) is 6.92 Å². The molecule has 0 saturated heterocycles. The average Bonchev–Trinajstić information content (AvgIpc) is 2.86. The lowest BCUT2D eigenvalue weighted by atomic mass is 9.44.